The molecular weight excluding hydrogens is 358 g/mol. The van der Waals surface area contributed by atoms with Crippen LogP contribution in [-0.2, 0) is 4.74 Å². The Balaban J connectivity index is 1.81. The van der Waals surface area contributed by atoms with Gasteiger partial charge >= 0.3 is 5.97 Å². The predicted octanol–water partition coefficient (Wildman–Crippen LogP) is 1.97. The number of hydrogen-bond acceptors (Lipinski definition) is 7. The van der Waals surface area contributed by atoms with Gasteiger partial charge in [0.1, 0.15) is 17.3 Å². The van der Waals surface area contributed by atoms with Gasteiger partial charge in [-0.3, -0.25) is 4.79 Å². The van der Waals surface area contributed by atoms with Crippen LogP contribution in [0.1, 0.15) is 33.6 Å². The Labute approximate surface area is 164 Å². The predicted molar refractivity (Wildman–Crippen MR) is 107 cm³/mol. The first-order valence-electron chi connectivity index (χ1n) is 9.34. The van der Waals surface area contributed by atoms with Crippen LogP contribution in [0.5, 0.6) is 0 Å². The Bertz CT molecular complexity index is 863. The van der Waals surface area contributed by atoms with Crippen molar-refractivity contribution in [1.82, 2.24) is 14.9 Å². The van der Waals surface area contributed by atoms with Gasteiger partial charge in [-0.2, -0.15) is 0 Å². The van der Waals surface area contributed by atoms with Crippen molar-refractivity contribution in [3.8, 4) is 0 Å². The van der Waals surface area contributed by atoms with E-state index in [4.69, 9.17) is 4.74 Å². The van der Waals surface area contributed by atoms with E-state index < -0.39 is 11.9 Å². The van der Waals surface area contributed by atoms with Crippen LogP contribution in [0.3, 0.4) is 0 Å². The molecule has 2 heterocycles. The second-order valence-electron chi connectivity index (χ2n) is 6.67. The molecule has 0 spiro atoms. The third kappa shape index (κ3) is 4.64. The molecule has 148 valence electrons. The zero-order valence-electron chi connectivity index (χ0n) is 16.4. The lowest BCUT2D eigenvalue weighted by Crippen LogP contribution is -2.45. The Morgan fingerprint density at radius 3 is 2.57 bits per heavy atom. The van der Waals surface area contributed by atoms with Gasteiger partial charge in [0.15, 0.2) is 0 Å². The van der Waals surface area contributed by atoms with Gasteiger partial charge in [-0.15, -0.1) is 0 Å². The number of likely N-dealkylation sites (N-methyl/N-ethyl adjacent to an activating group) is 1. The van der Waals surface area contributed by atoms with E-state index in [9.17, 15) is 9.59 Å². The smallest absolute Gasteiger partial charge is 0.340 e. The van der Waals surface area contributed by atoms with E-state index in [0.717, 1.165) is 32.0 Å². The monoisotopic (exact) mass is 383 g/mol. The molecule has 3 rings (SSSR count). The molecule has 1 aliphatic rings. The number of carbonyl (C=O) groups excluding carboxylic acids is 2. The molecule has 0 bridgehead atoms. The van der Waals surface area contributed by atoms with E-state index in [0.29, 0.717) is 17.1 Å². The fourth-order valence-electron chi connectivity index (χ4n) is 3.03. The summed E-state index contributed by atoms with van der Waals surface area (Å²) in [5.74, 6) is 0.401. The Hall–Kier alpha value is -3.00. The molecule has 0 atom stereocenters. The molecule has 1 saturated heterocycles. The summed E-state index contributed by atoms with van der Waals surface area (Å²) in [6.45, 7) is 7.35. The van der Waals surface area contributed by atoms with Crippen molar-refractivity contribution >= 4 is 23.4 Å². The fourth-order valence-corrected chi connectivity index (χ4v) is 3.03. The lowest BCUT2D eigenvalue weighted by atomic mass is 10.1. The number of aryl methyl sites for hydroxylation is 1. The largest absolute Gasteiger partial charge is 0.462 e. The molecule has 1 fully saturated rings. The molecule has 1 amide bonds. The standard InChI is InChI=1S/C20H25N5O3/c1-4-28-20(27)15-7-5-6-8-16(15)23-19(26)17-13-18(22-14(2)21-17)25-11-9-24(3)10-12-25/h5-8,13H,4,9-12H2,1-3H3,(H,23,26). The van der Waals surface area contributed by atoms with Crippen LogP contribution in [0.2, 0.25) is 0 Å². The molecule has 1 aromatic carbocycles. The molecule has 0 saturated carbocycles. The second-order valence-corrected chi connectivity index (χ2v) is 6.67. The minimum absolute atomic E-state index is 0.264. The third-order valence-electron chi connectivity index (χ3n) is 4.55. The molecular formula is C20H25N5O3. The molecule has 0 unspecified atom stereocenters. The van der Waals surface area contributed by atoms with Crippen molar-refractivity contribution in [1.29, 1.82) is 0 Å². The van der Waals surface area contributed by atoms with Gasteiger partial charge in [0, 0.05) is 32.2 Å². The summed E-state index contributed by atoms with van der Waals surface area (Å²) in [7, 11) is 2.09. The van der Waals surface area contributed by atoms with Gasteiger partial charge in [-0.25, -0.2) is 14.8 Å². The summed E-state index contributed by atoms with van der Waals surface area (Å²) >= 11 is 0. The summed E-state index contributed by atoms with van der Waals surface area (Å²) in [6.07, 6.45) is 0. The number of piperazine rings is 1. The Morgan fingerprint density at radius 1 is 1.14 bits per heavy atom. The minimum atomic E-state index is -0.476. The Morgan fingerprint density at radius 2 is 1.86 bits per heavy atom. The molecule has 2 aromatic rings. The van der Waals surface area contributed by atoms with Gasteiger partial charge in [-0.1, -0.05) is 12.1 Å². The van der Waals surface area contributed by atoms with Crippen LogP contribution in [0.25, 0.3) is 0 Å². The van der Waals surface area contributed by atoms with Gasteiger partial charge in [-0.05, 0) is 33.0 Å². The van der Waals surface area contributed by atoms with E-state index in [1.807, 2.05) is 0 Å². The molecule has 1 N–H and O–H groups in total. The number of nitrogens with one attached hydrogen (secondary N) is 1. The quantitative estimate of drug-likeness (QED) is 0.790. The van der Waals surface area contributed by atoms with Crippen LogP contribution in [0.15, 0.2) is 30.3 Å². The van der Waals surface area contributed by atoms with Gasteiger partial charge < -0.3 is 19.9 Å². The SMILES string of the molecule is CCOC(=O)c1ccccc1NC(=O)c1cc(N2CCN(C)CC2)nc(C)n1. The third-order valence-corrected chi connectivity index (χ3v) is 4.55. The number of hydrogen-bond donors (Lipinski definition) is 1. The molecule has 8 nitrogen and oxygen atoms in total. The summed E-state index contributed by atoms with van der Waals surface area (Å²) in [5, 5.41) is 2.77. The summed E-state index contributed by atoms with van der Waals surface area (Å²) < 4.78 is 5.06. The summed E-state index contributed by atoms with van der Waals surface area (Å²) in [4.78, 5) is 38.1. The first-order valence-corrected chi connectivity index (χ1v) is 9.34. The van der Waals surface area contributed by atoms with E-state index in [2.05, 4.69) is 32.1 Å². The van der Waals surface area contributed by atoms with E-state index in [1.165, 1.54) is 0 Å². The topological polar surface area (TPSA) is 87.7 Å². The number of benzene rings is 1. The number of esters is 1. The summed E-state index contributed by atoms with van der Waals surface area (Å²) in [6, 6.07) is 8.45. The minimum Gasteiger partial charge on any atom is -0.462 e. The maximum absolute atomic E-state index is 12.8. The second kappa shape index (κ2) is 8.79. The summed E-state index contributed by atoms with van der Waals surface area (Å²) in [5.41, 5.74) is 0.964. The number of carbonyl (C=O) groups is 2. The lowest BCUT2D eigenvalue weighted by Gasteiger charge is -2.33. The van der Waals surface area contributed by atoms with Gasteiger partial charge in [0.25, 0.3) is 5.91 Å². The van der Waals surface area contributed by atoms with Crippen LogP contribution in [0.4, 0.5) is 11.5 Å². The highest BCUT2D eigenvalue weighted by Crippen LogP contribution is 2.19. The Kier molecular flexibility index (Phi) is 6.20. The van der Waals surface area contributed by atoms with Crippen molar-refractivity contribution in [3.05, 3.63) is 47.4 Å². The van der Waals surface area contributed by atoms with Crippen LogP contribution in [-0.4, -0.2) is 66.6 Å². The molecule has 1 aromatic heterocycles. The number of anilines is 2. The maximum atomic E-state index is 12.8. The van der Waals surface area contributed by atoms with Crippen molar-refractivity contribution in [2.45, 2.75) is 13.8 Å². The average Bonchev–Trinajstić information content (AvgIpc) is 2.68. The molecule has 8 heteroatoms. The maximum Gasteiger partial charge on any atom is 0.340 e. The number of rotatable bonds is 5. The number of nitrogens with zero attached hydrogens (tertiary/aromatic N) is 4. The molecule has 0 aliphatic carbocycles. The fraction of sp³-hybridized carbons (Fsp3) is 0.400. The number of amides is 1. The highest BCUT2D eigenvalue weighted by atomic mass is 16.5. The number of para-hydroxylation sites is 1. The van der Waals surface area contributed by atoms with Gasteiger partial charge in [0.05, 0.1) is 17.9 Å². The lowest BCUT2D eigenvalue weighted by molar-refractivity contribution is 0.0527. The van der Waals surface area contributed by atoms with Crippen molar-refractivity contribution in [3.63, 3.8) is 0 Å². The number of ether oxygens (including phenoxy) is 1. The van der Waals surface area contributed by atoms with E-state index in [-0.39, 0.29) is 12.3 Å². The highest BCUT2D eigenvalue weighted by molar-refractivity contribution is 6.07. The van der Waals surface area contributed by atoms with Crippen molar-refractivity contribution in [2.75, 3.05) is 50.1 Å². The highest BCUT2D eigenvalue weighted by Gasteiger charge is 2.20. The molecule has 1 aliphatic heterocycles. The van der Waals surface area contributed by atoms with E-state index in [1.54, 1.807) is 44.2 Å². The van der Waals surface area contributed by atoms with Gasteiger partial charge in [0.2, 0.25) is 0 Å². The molecule has 0 radical (unpaired) electrons. The molecule has 28 heavy (non-hydrogen) atoms. The van der Waals surface area contributed by atoms with Crippen molar-refractivity contribution in [2.24, 2.45) is 0 Å². The van der Waals surface area contributed by atoms with Crippen molar-refractivity contribution < 1.29 is 14.3 Å². The average molecular weight is 383 g/mol. The van der Waals surface area contributed by atoms with E-state index >= 15 is 0 Å². The first kappa shape index (κ1) is 19.8. The van der Waals surface area contributed by atoms with Crippen LogP contribution < -0.4 is 10.2 Å². The van der Waals surface area contributed by atoms with Crippen LogP contribution >= 0.6 is 0 Å². The normalized spacial score (nSPS) is 14.6. The number of aromatic nitrogens is 2. The van der Waals surface area contributed by atoms with Crippen LogP contribution in [0, 0.1) is 6.92 Å². The zero-order valence-corrected chi connectivity index (χ0v) is 16.4. The zero-order chi connectivity index (χ0) is 20.1. The first-order chi connectivity index (χ1) is 13.5.